The van der Waals surface area contributed by atoms with E-state index in [1.807, 2.05) is 30.3 Å². The molecule has 2 nitrogen and oxygen atoms in total. The van der Waals surface area contributed by atoms with E-state index < -0.39 is 0 Å². The highest BCUT2D eigenvalue weighted by Gasteiger charge is 2.12. The maximum Gasteiger partial charge on any atom is 0.0462 e. The maximum absolute atomic E-state index is 9.64. The van der Waals surface area contributed by atoms with Crippen LogP contribution in [0.25, 0.3) is 11.1 Å². The van der Waals surface area contributed by atoms with Gasteiger partial charge in [0.15, 0.2) is 0 Å². The Balaban J connectivity index is 1.76. The van der Waals surface area contributed by atoms with E-state index in [0.717, 1.165) is 33.5 Å². The molecule has 0 heterocycles. The summed E-state index contributed by atoms with van der Waals surface area (Å²) < 4.78 is 0. The summed E-state index contributed by atoms with van der Waals surface area (Å²) in [5, 5.41) is 0.966. The fourth-order valence-corrected chi connectivity index (χ4v) is 3.74. The molecule has 0 aromatic heterocycles. The molecule has 1 N–H and O–H groups in total. The topological polar surface area (TPSA) is 23.5 Å². The first-order valence-corrected chi connectivity index (χ1v) is 9.81. The monoisotopic (exact) mass is 369 g/mol. The van der Waals surface area contributed by atoms with Gasteiger partial charge in [-0.15, -0.1) is 0 Å². The van der Waals surface area contributed by atoms with Crippen molar-refractivity contribution in [1.82, 2.24) is 0 Å². The Morgan fingerprint density at radius 2 is 1.00 bits per heavy atom. The Morgan fingerprint density at radius 3 is 1.56 bits per heavy atom. The van der Waals surface area contributed by atoms with Gasteiger partial charge in [0.1, 0.15) is 0 Å². The molecule has 0 saturated carbocycles. The largest absolute Gasteiger partial charge is 0.372 e. The van der Waals surface area contributed by atoms with E-state index in [-0.39, 0.29) is 8.81 Å². The van der Waals surface area contributed by atoms with Gasteiger partial charge in [0.2, 0.25) is 0 Å². The van der Waals surface area contributed by atoms with Crippen LogP contribution in [0.5, 0.6) is 0 Å². The van der Waals surface area contributed by atoms with E-state index in [4.69, 9.17) is 0 Å². The molecule has 0 amide bonds. The lowest BCUT2D eigenvalue weighted by atomic mass is 10.0. The summed E-state index contributed by atoms with van der Waals surface area (Å²) in [6.45, 7) is 0. The van der Waals surface area contributed by atoms with Gasteiger partial charge in [0.05, 0.1) is 0 Å². The third-order valence-electron chi connectivity index (χ3n) is 4.51. The normalized spacial score (nSPS) is 11.0. The molecule has 0 aliphatic rings. The Kier molecular flexibility index (Phi) is 5.29. The fraction of sp³-hybridized carbons (Fsp3) is 0. The molecule has 1 atom stereocenters. The van der Waals surface area contributed by atoms with Crippen LogP contribution in [0.3, 0.4) is 0 Å². The first-order chi connectivity index (χ1) is 13.4. The van der Waals surface area contributed by atoms with Crippen molar-refractivity contribution < 1.29 is 4.89 Å². The van der Waals surface area contributed by atoms with Crippen molar-refractivity contribution >= 4 is 31.2 Å². The summed E-state index contributed by atoms with van der Waals surface area (Å²) in [6.07, 6.45) is 0. The predicted molar refractivity (Wildman–Crippen MR) is 117 cm³/mol. The molecule has 0 fully saturated rings. The van der Waals surface area contributed by atoms with Gasteiger partial charge in [-0.3, -0.25) is 0 Å². The highest BCUT2D eigenvalue weighted by molar-refractivity contribution is 7.41. The highest BCUT2D eigenvalue weighted by Crippen LogP contribution is 2.35. The van der Waals surface area contributed by atoms with Crippen molar-refractivity contribution in [2.75, 3.05) is 4.90 Å². The molecule has 0 aliphatic heterocycles. The lowest BCUT2D eigenvalue weighted by Crippen LogP contribution is -2.09. The molecule has 0 aliphatic carbocycles. The Labute approximate surface area is 161 Å². The summed E-state index contributed by atoms with van der Waals surface area (Å²) in [4.78, 5) is 11.9. The second kappa shape index (κ2) is 8.18. The number of para-hydroxylation sites is 2. The predicted octanol–water partition coefficient (Wildman–Crippen LogP) is 6.03. The smallest absolute Gasteiger partial charge is 0.0462 e. The quantitative estimate of drug-likeness (QED) is 0.434. The molecule has 3 heteroatoms. The minimum absolute atomic E-state index is 0.208. The van der Waals surface area contributed by atoms with Crippen LogP contribution >= 0.6 is 8.81 Å². The second-order valence-electron chi connectivity index (χ2n) is 6.21. The summed E-state index contributed by atoms with van der Waals surface area (Å²) >= 11 is 0. The summed E-state index contributed by atoms with van der Waals surface area (Å²) in [7, 11) is -0.208. The molecule has 0 saturated heterocycles. The van der Waals surface area contributed by atoms with Crippen LogP contribution in [0.4, 0.5) is 17.1 Å². The van der Waals surface area contributed by atoms with Crippen molar-refractivity contribution in [3.8, 4) is 11.1 Å². The Bertz CT molecular complexity index is 962. The molecule has 4 aromatic carbocycles. The maximum atomic E-state index is 9.64. The second-order valence-corrected chi connectivity index (χ2v) is 6.97. The SMILES string of the molecule is OPc1ccccc1-c1ccc(N(c2ccccc2)c2ccccc2)cc1. The van der Waals surface area contributed by atoms with E-state index in [2.05, 4.69) is 83.8 Å². The van der Waals surface area contributed by atoms with Gasteiger partial charge in [-0.1, -0.05) is 72.8 Å². The van der Waals surface area contributed by atoms with Crippen molar-refractivity contribution in [3.05, 3.63) is 109 Å². The highest BCUT2D eigenvalue weighted by atomic mass is 31.1. The molecule has 0 bridgehead atoms. The third kappa shape index (κ3) is 3.78. The molecule has 0 spiro atoms. The van der Waals surface area contributed by atoms with Crippen LogP contribution < -0.4 is 10.2 Å². The van der Waals surface area contributed by atoms with E-state index in [1.54, 1.807) is 0 Å². The van der Waals surface area contributed by atoms with E-state index in [9.17, 15) is 4.89 Å². The molecule has 0 radical (unpaired) electrons. The van der Waals surface area contributed by atoms with Gasteiger partial charge in [-0.2, -0.15) is 0 Å². The average Bonchev–Trinajstić information content (AvgIpc) is 2.76. The van der Waals surface area contributed by atoms with Crippen molar-refractivity contribution in [3.63, 3.8) is 0 Å². The van der Waals surface area contributed by atoms with Crippen LogP contribution in [-0.4, -0.2) is 4.89 Å². The molecular formula is C24H20NOP. The zero-order chi connectivity index (χ0) is 18.5. The van der Waals surface area contributed by atoms with E-state index >= 15 is 0 Å². The standard InChI is InChI=1S/C24H20NOP/c26-27-24-14-8-7-13-23(24)19-15-17-22(18-16-19)25(20-9-3-1-4-10-20)21-11-5-2-6-12-21/h1-18,26-27H. The van der Waals surface area contributed by atoms with Gasteiger partial charge in [0.25, 0.3) is 0 Å². The van der Waals surface area contributed by atoms with Crippen LogP contribution in [0.2, 0.25) is 0 Å². The molecule has 27 heavy (non-hydrogen) atoms. The van der Waals surface area contributed by atoms with Crippen LogP contribution in [0, 0.1) is 0 Å². The summed E-state index contributed by atoms with van der Waals surface area (Å²) in [5.41, 5.74) is 5.52. The molecule has 4 aromatic rings. The number of hydrogen-bond acceptors (Lipinski definition) is 2. The van der Waals surface area contributed by atoms with E-state index in [1.165, 1.54) is 0 Å². The lowest BCUT2D eigenvalue weighted by Gasteiger charge is -2.25. The number of nitrogens with zero attached hydrogens (tertiary/aromatic N) is 1. The van der Waals surface area contributed by atoms with Gasteiger partial charge < -0.3 is 9.79 Å². The first-order valence-electron chi connectivity index (χ1n) is 8.86. The van der Waals surface area contributed by atoms with E-state index in [0.29, 0.717) is 0 Å². The average molecular weight is 369 g/mol. The number of hydrogen-bond donors (Lipinski definition) is 1. The summed E-state index contributed by atoms with van der Waals surface area (Å²) in [5.74, 6) is 0. The number of benzene rings is 4. The zero-order valence-electron chi connectivity index (χ0n) is 14.8. The number of anilines is 3. The molecule has 1 unspecified atom stereocenters. The molecule has 4 rings (SSSR count). The minimum Gasteiger partial charge on any atom is -0.372 e. The van der Waals surface area contributed by atoms with Crippen LogP contribution in [-0.2, 0) is 0 Å². The van der Waals surface area contributed by atoms with Crippen molar-refractivity contribution in [2.45, 2.75) is 0 Å². The molecular weight excluding hydrogens is 349 g/mol. The van der Waals surface area contributed by atoms with Crippen LogP contribution in [0.15, 0.2) is 109 Å². The van der Waals surface area contributed by atoms with Crippen molar-refractivity contribution in [1.29, 1.82) is 0 Å². The first kappa shape index (κ1) is 17.5. The van der Waals surface area contributed by atoms with Gasteiger partial charge in [0, 0.05) is 31.2 Å². The lowest BCUT2D eigenvalue weighted by molar-refractivity contribution is 0.655. The minimum atomic E-state index is -0.208. The van der Waals surface area contributed by atoms with Crippen molar-refractivity contribution in [2.24, 2.45) is 0 Å². The molecule has 132 valence electrons. The van der Waals surface area contributed by atoms with Gasteiger partial charge in [-0.05, 0) is 47.5 Å². The summed E-state index contributed by atoms with van der Waals surface area (Å²) in [6, 6.07) is 37.2. The Morgan fingerprint density at radius 1 is 0.519 bits per heavy atom. The zero-order valence-corrected chi connectivity index (χ0v) is 15.8. The fourth-order valence-electron chi connectivity index (χ4n) is 3.22. The Hall–Kier alpha value is -2.93. The van der Waals surface area contributed by atoms with Gasteiger partial charge >= 0.3 is 0 Å². The number of rotatable bonds is 5. The van der Waals surface area contributed by atoms with Gasteiger partial charge in [-0.25, -0.2) is 0 Å². The third-order valence-corrected chi connectivity index (χ3v) is 5.19. The van der Waals surface area contributed by atoms with Crippen LogP contribution in [0.1, 0.15) is 0 Å².